The number of anilines is 1. The SMILES string of the molecule is CCC#CCn1c(N2CCCC(N)C2C)nc2c1c(=O)n(Cc1ccccc1C#N)c(=O)n2C. The van der Waals surface area contributed by atoms with E-state index in [0.29, 0.717) is 34.7 Å². The zero-order valence-corrected chi connectivity index (χ0v) is 19.8. The van der Waals surface area contributed by atoms with Gasteiger partial charge in [-0.2, -0.15) is 10.2 Å². The Balaban J connectivity index is 1.96. The largest absolute Gasteiger partial charge is 0.338 e. The van der Waals surface area contributed by atoms with Gasteiger partial charge >= 0.3 is 5.69 Å². The summed E-state index contributed by atoms with van der Waals surface area (Å²) in [5, 5.41) is 9.45. The van der Waals surface area contributed by atoms with Crippen molar-refractivity contribution in [2.45, 2.75) is 58.3 Å². The molecule has 0 saturated carbocycles. The van der Waals surface area contributed by atoms with Crippen molar-refractivity contribution in [2.75, 3.05) is 11.4 Å². The number of hydrogen-bond acceptors (Lipinski definition) is 6. The van der Waals surface area contributed by atoms with E-state index in [1.54, 1.807) is 35.9 Å². The summed E-state index contributed by atoms with van der Waals surface area (Å²) in [5.41, 5.74) is 7.09. The first-order valence-electron chi connectivity index (χ1n) is 11.5. The van der Waals surface area contributed by atoms with Crippen LogP contribution in [0.25, 0.3) is 11.2 Å². The van der Waals surface area contributed by atoms with Crippen molar-refractivity contribution in [3.8, 4) is 17.9 Å². The monoisotopic (exact) mass is 459 g/mol. The van der Waals surface area contributed by atoms with Crippen LogP contribution >= 0.6 is 0 Å². The van der Waals surface area contributed by atoms with Crippen molar-refractivity contribution in [1.29, 1.82) is 5.26 Å². The highest BCUT2D eigenvalue weighted by Crippen LogP contribution is 2.26. The topological polar surface area (TPSA) is 115 Å². The van der Waals surface area contributed by atoms with Gasteiger partial charge in [0.05, 0.1) is 24.7 Å². The molecular weight excluding hydrogens is 430 g/mol. The lowest BCUT2D eigenvalue weighted by Gasteiger charge is -2.38. The number of imidazole rings is 1. The molecule has 0 spiro atoms. The molecule has 1 aromatic carbocycles. The summed E-state index contributed by atoms with van der Waals surface area (Å²) in [6, 6.07) is 9.12. The zero-order valence-electron chi connectivity index (χ0n) is 19.8. The van der Waals surface area contributed by atoms with Gasteiger partial charge in [0.1, 0.15) is 0 Å². The van der Waals surface area contributed by atoms with Crippen LogP contribution in [0.15, 0.2) is 33.9 Å². The van der Waals surface area contributed by atoms with Gasteiger partial charge in [0.25, 0.3) is 5.56 Å². The van der Waals surface area contributed by atoms with Crippen LogP contribution in [0.2, 0.25) is 0 Å². The normalized spacial score (nSPS) is 17.9. The third-order valence-corrected chi connectivity index (χ3v) is 6.52. The lowest BCUT2D eigenvalue weighted by molar-refractivity contribution is 0.412. The van der Waals surface area contributed by atoms with E-state index in [-0.39, 0.29) is 25.2 Å². The summed E-state index contributed by atoms with van der Waals surface area (Å²) in [5.74, 6) is 6.78. The minimum Gasteiger partial charge on any atom is -0.338 e. The van der Waals surface area contributed by atoms with Gasteiger partial charge in [-0.25, -0.2) is 4.79 Å². The van der Waals surface area contributed by atoms with Gasteiger partial charge in [-0.3, -0.25) is 18.5 Å². The average molecular weight is 460 g/mol. The Morgan fingerprint density at radius 3 is 2.71 bits per heavy atom. The van der Waals surface area contributed by atoms with Crippen LogP contribution < -0.4 is 21.9 Å². The Hall–Kier alpha value is -3.82. The maximum absolute atomic E-state index is 13.7. The molecule has 1 aliphatic heterocycles. The molecule has 1 aliphatic rings. The molecule has 1 saturated heterocycles. The highest BCUT2D eigenvalue weighted by molar-refractivity contribution is 5.75. The van der Waals surface area contributed by atoms with Gasteiger partial charge in [-0.1, -0.05) is 31.0 Å². The maximum atomic E-state index is 13.7. The van der Waals surface area contributed by atoms with Gasteiger partial charge in [0.15, 0.2) is 11.2 Å². The summed E-state index contributed by atoms with van der Waals surface area (Å²) < 4.78 is 4.37. The van der Waals surface area contributed by atoms with E-state index in [1.165, 1.54) is 9.13 Å². The molecule has 2 aromatic heterocycles. The van der Waals surface area contributed by atoms with Gasteiger partial charge in [-0.05, 0) is 31.4 Å². The number of nitrogens with two attached hydrogens (primary N) is 1. The molecule has 2 atom stereocenters. The molecule has 9 heteroatoms. The van der Waals surface area contributed by atoms with E-state index < -0.39 is 11.2 Å². The van der Waals surface area contributed by atoms with E-state index in [0.717, 1.165) is 19.4 Å². The number of rotatable bonds is 4. The minimum absolute atomic E-state index is 0.00266. The number of nitrogens with zero attached hydrogens (tertiary/aromatic N) is 6. The first kappa shape index (κ1) is 23.3. The van der Waals surface area contributed by atoms with Crippen molar-refractivity contribution >= 4 is 17.1 Å². The number of nitriles is 1. The molecule has 3 heterocycles. The van der Waals surface area contributed by atoms with Gasteiger partial charge in [0, 0.05) is 32.1 Å². The first-order valence-corrected chi connectivity index (χ1v) is 11.5. The molecule has 2 unspecified atom stereocenters. The standard InChI is InChI=1S/C25H29N7O2/c1-4-5-8-13-31-21-22(28-24(31)30-14-9-12-20(27)17(30)2)29(3)25(34)32(23(21)33)16-19-11-7-6-10-18(19)15-26/h6-7,10-11,17,20H,4,9,12-14,16,27H2,1-3H3. The van der Waals surface area contributed by atoms with Crippen molar-refractivity contribution in [2.24, 2.45) is 12.8 Å². The van der Waals surface area contributed by atoms with E-state index in [2.05, 4.69) is 29.7 Å². The van der Waals surface area contributed by atoms with Crippen LogP contribution in [0, 0.1) is 23.2 Å². The second-order valence-electron chi connectivity index (χ2n) is 8.62. The molecule has 176 valence electrons. The Morgan fingerprint density at radius 2 is 1.97 bits per heavy atom. The molecule has 0 amide bonds. The van der Waals surface area contributed by atoms with Crippen LogP contribution in [-0.4, -0.2) is 37.3 Å². The van der Waals surface area contributed by atoms with E-state index in [1.807, 2.05) is 6.92 Å². The summed E-state index contributed by atoms with van der Waals surface area (Å²) in [6.07, 6.45) is 2.54. The number of hydrogen-bond donors (Lipinski definition) is 1. The first-order chi connectivity index (χ1) is 16.4. The minimum atomic E-state index is -0.482. The van der Waals surface area contributed by atoms with E-state index in [4.69, 9.17) is 10.7 Å². The maximum Gasteiger partial charge on any atom is 0.332 e. The van der Waals surface area contributed by atoms with Crippen molar-refractivity contribution in [3.05, 3.63) is 56.2 Å². The van der Waals surface area contributed by atoms with Crippen molar-refractivity contribution < 1.29 is 0 Å². The molecular formula is C25H29N7O2. The van der Waals surface area contributed by atoms with Crippen LogP contribution in [0.1, 0.15) is 44.2 Å². The Labute approximate surface area is 198 Å². The highest BCUT2D eigenvalue weighted by Gasteiger charge is 2.30. The molecule has 34 heavy (non-hydrogen) atoms. The molecule has 0 aliphatic carbocycles. The molecule has 1 fully saturated rings. The molecule has 4 rings (SSSR count). The van der Waals surface area contributed by atoms with E-state index in [9.17, 15) is 14.9 Å². The fraction of sp³-hybridized carbons (Fsp3) is 0.440. The zero-order chi connectivity index (χ0) is 24.4. The molecule has 3 aromatic rings. The number of aromatic nitrogens is 4. The second-order valence-corrected chi connectivity index (χ2v) is 8.62. The summed E-state index contributed by atoms with van der Waals surface area (Å²) >= 11 is 0. The Bertz CT molecular complexity index is 1440. The second kappa shape index (κ2) is 9.58. The number of piperidine rings is 1. The Kier molecular flexibility index (Phi) is 6.58. The average Bonchev–Trinajstić information content (AvgIpc) is 3.22. The smallest absolute Gasteiger partial charge is 0.332 e. The highest BCUT2D eigenvalue weighted by atomic mass is 16.2. The quantitative estimate of drug-likeness (QED) is 0.592. The third kappa shape index (κ3) is 4.00. The third-order valence-electron chi connectivity index (χ3n) is 6.52. The van der Waals surface area contributed by atoms with E-state index >= 15 is 0 Å². The van der Waals surface area contributed by atoms with Gasteiger partial charge in [-0.15, -0.1) is 5.92 Å². The number of fused-ring (bicyclic) bond motifs is 1. The fourth-order valence-corrected chi connectivity index (χ4v) is 4.52. The summed E-state index contributed by atoms with van der Waals surface area (Å²) in [6.45, 7) is 5.06. The predicted octanol–water partition coefficient (Wildman–Crippen LogP) is 1.55. The lowest BCUT2D eigenvalue weighted by Crippen LogP contribution is -2.51. The Morgan fingerprint density at radius 1 is 1.21 bits per heavy atom. The molecule has 0 bridgehead atoms. The summed E-state index contributed by atoms with van der Waals surface area (Å²) in [4.78, 5) is 33.8. The van der Waals surface area contributed by atoms with Crippen LogP contribution in [-0.2, 0) is 20.1 Å². The lowest BCUT2D eigenvalue weighted by atomic mass is 9.99. The molecule has 2 N–H and O–H groups in total. The van der Waals surface area contributed by atoms with Crippen LogP contribution in [0.5, 0.6) is 0 Å². The van der Waals surface area contributed by atoms with Crippen LogP contribution in [0.4, 0.5) is 5.95 Å². The van der Waals surface area contributed by atoms with Gasteiger partial charge < -0.3 is 10.6 Å². The molecule has 0 radical (unpaired) electrons. The number of aryl methyl sites for hydroxylation is 1. The molecule has 9 nitrogen and oxygen atoms in total. The van der Waals surface area contributed by atoms with Crippen molar-refractivity contribution in [1.82, 2.24) is 18.7 Å². The van der Waals surface area contributed by atoms with Crippen LogP contribution in [0.3, 0.4) is 0 Å². The van der Waals surface area contributed by atoms with Gasteiger partial charge in [0.2, 0.25) is 5.95 Å². The predicted molar refractivity (Wildman–Crippen MR) is 132 cm³/mol. The summed E-state index contributed by atoms with van der Waals surface area (Å²) in [7, 11) is 1.61. The van der Waals surface area contributed by atoms with Crippen molar-refractivity contribution in [3.63, 3.8) is 0 Å². The fourth-order valence-electron chi connectivity index (χ4n) is 4.52. The number of benzene rings is 1.